The fourth-order valence-corrected chi connectivity index (χ4v) is 2.08. The van der Waals surface area contributed by atoms with E-state index in [1.807, 2.05) is 0 Å². The lowest BCUT2D eigenvalue weighted by molar-refractivity contribution is -0.484. The molecule has 1 aromatic carbocycles. The molecule has 0 heterocycles. The van der Waals surface area contributed by atoms with Crippen molar-refractivity contribution in [3.8, 4) is 0 Å². The molecular formula is C13H15F2NO4. The fourth-order valence-electron chi connectivity index (χ4n) is 2.08. The number of nitro groups is 1. The Labute approximate surface area is 114 Å². The molecule has 0 fully saturated rings. The van der Waals surface area contributed by atoms with E-state index in [4.69, 9.17) is 0 Å². The molecule has 0 aliphatic carbocycles. The number of carbonyl (C=O) groups excluding carboxylic acids is 1. The van der Waals surface area contributed by atoms with Gasteiger partial charge in [0.05, 0.1) is 18.9 Å². The van der Waals surface area contributed by atoms with Gasteiger partial charge in [-0.1, -0.05) is 6.92 Å². The topological polar surface area (TPSA) is 69.4 Å². The molecule has 0 aliphatic heterocycles. The highest BCUT2D eigenvalue weighted by atomic mass is 19.1. The van der Waals surface area contributed by atoms with Crippen molar-refractivity contribution in [3.05, 3.63) is 45.0 Å². The van der Waals surface area contributed by atoms with E-state index in [1.54, 1.807) is 0 Å². The van der Waals surface area contributed by atoms with Crippen molar-refractivity contribution in [1.29, 1.82) is 0 Å². The second kappa shape index (κ2) is 6.40. The molecule has 5 nitrogen and oxygen atoms in total. The van der Waals surface area contributed by atoms with Gasteiger partial charge in [0, 0.05) is 10.5 Å². The molecule has 0 aliphatic rings. The molecule has 0 amide bonds. The number of aryl methyl sites for hydroxylation is 1. The van der Waals surface area contributed by atoms with Crippen molar-refractivity contribution in [2.24, 2.45) is 5.92 Å². The van der Waals surface area contributed by atoms with Crippen LogP contribution in [-0.2, 0) is 9.53 Å². The third-order valence-corrected chi connectivity index (χ3v) is 3.12. The van der Waals surface area contributed by atoms with Crippen LogP contribution in [0.25, 0.3) is 0 Å². The van der Waals surface area contributed by atoms with Crippen LogP contribution in [0, 0.1) is 34.6 Å². The molecule has 0 spiro atoms. The number of hydrogen-bond acceptors (Lipinski definition) is 4. The molecule has 110 valence electrons. The van der Waals surface area contributed by atoms with E-state index in [1.165, 1.54) is 13.8 Å². The van der Waals surface area contributed by atoms with Gasteiger partial charge in [0.1, 0.15) is 11.6 Å². The molecule has 7 heteroatoms. The predicted octanol–water partition coefficient (Wildman–Crippen LogP) is 2.44. The molecule has 0 radical (unpaired) electrons. The Morgan fingerprint density at radius 2 is 1.90 bits per heavy atom. The molecule has 1 unspecified atom stereocenters. The summed E-state index contributed by atoms with van der Waals surface area (Å²) in [5.74, 6) is -4.80. The van der Waals surface area contributed by atoms with Gasteiger partial charge in [0.15, 0.2) is 0 Å². The lowest BCUT2D eigenvalue weighted by atomic mass is 9.86. The Morgan fingerprint density at radius 3 is 2.30 bits per heavy atom. The third kappa shape index (κ3) is 3.49. The van der Waals surface area contributed by atoms with Gasteiger partial charge in [-0.2, -0.15) is 0 Å². The molecular weight excluding hydrogens is 272 g/mol. The van der Waals surface area contributed by atoms with Gasteiger partial charge < -0.3 is 4.74 Å². The second-order valence-corrected chi connectivity index (χ2v) is 4.58. The number of benzene rings is 1. The maximum atomic E-state index is 13.9. The number of halogens is 2. The maximum absolute atomic E-state index is 13.9. The van der Waals surface area contributed by atoms with Crippen molar-refractivity contribution in [1.82, 2.24) is 0 Å². The number of rotatable bonds is 5. The van der Waals surface area contributed by atoms with Gasteiger partial charge in [0.2, 0.25) is 6.54 Å². The summed E-state index contributed by atoms with van der Waals surface area (Å²) in [6.45, 7) is 2.09. The van der Waals surface area contributed by atoms with Gasteiger partial charge in [-0.25, -0.2) is 8.78 Å². The summed E-state index contributed by atoms with van der Waals surface area (Å²) in [5, 5.41) is 10.7. The third-order valence-electron chi connectivity index (χ3n) is 3.12. The van der Waals surface area contributed by atoms with E-state index in [-0.39, 0.29) is 0 Å². The van der Waals surface area contributed by atoms with Crippen LogP contribution in [0.1, 0.15) is 24.0 Å². The number of ether oxygens (including phenoxy) is 1. The summed E-state index contributed by atoms with van der Waals surface area (Å²) in [7, 11) is 1.11. The quantitative estimate of drug-likeness (QED) is 0.474. The molecule has 20 heavy (non-hydrogen) atoms. The fraction of sp³-hybridized carbons (Fsp3) is 0.462. The number of carbonyl (C=O) groups is 1. The minimum atomic E-state index is -1.22. The highest BCUT2D eigenvalue weighted by molar-refractivity contribution is 5.73. The Hall–Kier alpha value is -2.05. The zero-order valence-corrected chi connectivity index (χ0v) is 11.4. The molecule has 0 aromatic heterocycles. The van der Waals surface area contributed by atoms with Gasteiger partial charge in [-0.15, -0.1) is 0 Å². The van der Waals surface area contributed by atoms with Crippen molar-refractivity contribution < 1.29 is 23.2 Å². The number of hydrogen-bond donors (Lipinski definition) is 0. The molecule has 0 bridgehead atoms. The number of methoxy groups -OCH3 is 1. The van der Waals surface area contributed by atoms with E-state index in [0.717, 1.165) is 19.2 Å². The van der Waals surface area contributed by atoms with E-state index in [2.05, 4.69) is 4.74 Å². The average molecular weight is 287 g/mol. The van der Waals surface area contributed by atoms with Gasteiger partial charge in [0.25, 0.3) is 0 Å². The first-order valence-corrected chi connectivity index (χ1v) is 5.93. The van der Waals surface area contributed by atoms with E-state index in [0.29, 0.717) is 5.56 Å². The van der Waals surface area contributed by atoms with E-state index in [9.17, 15) is 23.7 Å². The normalized spacial score (nSPS) is 13.7. The van der Waals surface area contributed by atoms with Gasteiger partial charge >= 0.3 is 5.97 Å². The summed E-state index contributed by atoms with van der Waals surface area (Å²) in [6.07, 6.45) is 0. The van der Waals surface area contributed by atoms with Crippen LogP contribution in [0.15, 0.2) is 12.1 Å². The monoisotopic (exact) mass is 287 g/mol. The van der Waals surface area contributed by atoms with Crippen LogP contribution in [0.2, 0.25) is 0 Å². The molecule has 0 saturated heterocycles. The van der Waals surface area contributed by atoms with Crippen LogP contribution in [-0.4, -0.2) is 24.5 Å². The lowest BCUT2D eigenvalue weighted by Gasteiger charge is -2.20. The first-order chi connectivity index (χ1) is 9.27. The van der Waals surface area contributed by atoms with Crippen LogP contribution in [0.3, 0.4) is 0 Å². The van der Waals surface area contributed by atoms with Crippen LogP contribution >= 0.6 is 0 Å². The Bertz CT molecular complexity index is 510. The number of nitrogens with zero attached hydrogens (tertiary/aromatic N) is 1. The summed E-state index contributed by atoms with van der Waals surface area (Å²) in [5.41, 5.74) is -0.0977. The van der Waals surface area contributed by atoms with Crippen molar-refractivity contribution >= 4 is 5.97 Å². The lowest BCUT2D eigenvalue weighted by Crippen LogP contribution is -2.28. The molecule has 1 rings (SSSR count). The van der Waals surface area contributed by atoms with Gasteiger partial charge in [-0.05, 0) is 24.6 Å². The molecule has 1 aromatic rings. The molecule has 0 N–H and O–H groups in total. The smallest absolute Gasteiger partial charge is 0.309 e. The van der Waals surface area contributed by atoms with Gasteiger partial charge in [-0.3, -0.25) is 14.9 Å². The first-order valence-electron chi connectivity index (χ1n) is 5.93. The first kappa shape index (κ1) is 16.0. The minimum Gasteiger partial charge on any atom is -0.469 e. The van der Waals surface area contributed by atoms with Crippen molar-refractivity contribution in [2.75, 3.05) is 13.7 Å². The van der Waals surface area contributed by atoms with Crippen molar-refractivity contribution in [2.45, 2.75) is 19.8 Å². The zero-order valence-electron chi connectivity index (χ0n) is 11.4. The SMILES string of the molecule is COC(=O)C(C)[C@@H](C[N+](=O)[O-])c1c(F)cc(C)cc1F. The molecule has 0 saturated carbocycles. The summed E-state index contributed by atoms with van der Waals surface area (Å²) >= 11 is 0. The number of esters is 1. The van der Waals surface area contributed by atoms with Crippen LogP contribution < -0.4 is 0 Å². The highest BCUT2D eigenvalue weighted by Gasteiger charge is 2.34. The Balaban J connectivity index is 3.31. The van der Waals surface area contributed by atoms with E-state index < -0.39 is 46.5 Å². The van der Waals surface area contributed by atoms with Crippen LogP contribution in [0.5, 0.6) is 0 Å². The van der Waals surface area contributed by atoms with Crippen molar-refractivity contribution in [3.63, 3.8) is 0 Å². The van der Waals surface area contributed by atoms with E-state index >= 15 is 0 Å². The highest BCUT2D eigenvalue weighted by Crippen LogP contribution is 2.31. The maximum Gasteiger partial charge on any atom is 0.309 e. The Morgan fingerprint density at radius 1 is 1.40 bits per heavy atom. The second-order valence-electron chi connectivity index (χ2n) is 4.58. The zero-order chi connectivity index (χ0) is 15.4. The molecule has 2 atom stereocenters. The summed E-state index contributed by atoms with van der Waals surface area (Å²) in [4.78, 5) is 21.5. The minimum absolute atomic E-state index is 0.356. The predicted molar refractivity (Wildman–Crippen MR) is 66.9 cm³/mol. The summed E-state index contributed by atoms with van der Waals surface area (Å²) < 4.78 is 32.3. The largest absolute Gasteiger partial charge is 0.469 e. The Kier molecular flexibility index (Phi) is 5.12. The summed E-state index contributed by atoms with van der Waals surface area (Å²) in [6, 6.07) is 2.16. The average Bonchev–Trinajstić information content (AvgIpc) is 2.34. The van der Waals surface area contributed by atoms with Crippen LogP contribution in [0.4, 0.5) is 8.78 Å². The standard InChI is InChI=1S/C13H15F2NO4/c1-7-4-10(14)12(11(15)5-7)9(6-16(18)19)8(2)13(17)20-3/h4-5,8-9H,6H2,1-3H3/t8?,9-/m1/s1.